The van der Waals surface area contributed by atoms with E-state index in [1.165, 1.54) is 0 Å². The summed E-state index contributed by atoms with van der Waals surface area (Å²) in [6, 6.07) is 1.74. The minimum atomic E-state index is 0.566. The van der Waals surface area contributed by atoms with Gasteiger partial charge in [-0.25, -0.2) is 9.97 Å². The fourth-order valence-corrected chi connectivity index (χ4v) is 2.87. The predicted octanol–water partition coefficient (Wildman–Crippen LogP) is 2.43. The lowest BCUT2D eigenvalue weighted by atomic mass is 10.3. The van der Waals surface area contributed by atoms with Crippen LogP contribution < -0.4 is 4.90 Å². The zero-order valence-corrected chi connectivity index (χ0v) is 12.4. The second-order valence-corrected chi connectivity index (χ2v) is 5.64. The van der Waals surface area contributed by atoms with Crippen LogP contribution in [0.15, 0.2) is 24.8 Å². The number of H-pyrrole nitrogens is 1. The van der Waals surface area contributed by atoms with Gasteiger partial charge in [-0.1, -0.05) is 23.2 Å². The Labute approximate surface area is 127 Å². The molecule has 0 unspecified atom stereocenters. The molecule has 0 saturated carbocycles. The van der Waals surface area contributed by atoms with E-state index in [-0.39, 0.29) is 0 Å². The molecule has 1 aliphatic rings. The van der Waals surface area contributed by atoms with Crippen LogP contribution in [0.1, 0.15) is 5.69 Å². The number of hydrogen-bond acceptors (Lipinski definition) is 4. The van der Waals surface area contributed by atoms with Crippen molar-refractivity contribution in [2.75, 3.05) is 31.1 Å². The average Bonchev–Trinajstić information content (AvgIpc) is 2.93. The Morgan fingerprint density at radius 2 is 1.95 bits per heavy atom. The molecule has 0 radical (unpaired) electrons. The fourth-order valence-electron chi connectivity index (χ4n) is 2.37. The first-order valence-electron chi connectivity index (χ1n) is 6.48. The van der Waals surface area contributed by atoms with E-state index in [0.29, 0.717) is 10.0 Å². The topological polar surface area (TPSA) is 48.1 Å². The van der Waals surface area contributed by atoms with Crippen molar-refractivity contribution < 1.29 is 0 Å². The van der Waals surface area contributed by atoms with Gasteiger partial charge in [-0.2, -0.15) is 0 Å². The second kappa shape index (κ2) is 5.99. The largest absolute Gasteiger partial charge is 0.353 e. The molecule has 106 valence electrons. The third-order valence-corrected chi connectivity index (χ3v) is 3.89. The SMILES string of the molecule is Clc1cnc(N2CCN(Cc3cnc[nH]3)CC2)c(Cl)c1. The van der Waals surface area contributed by atoms with Crippen molar-refractivity contribution in [2.24, 2.45) is 0 Å². The van der Waals surface area contributed by atoms with E-state index in [4.69, 9.17) is 23.2 Å². The van der Waals surface area contributed by atoms with Gasteiger partial charge in [0.15, 0.2) is 0 Å². The van der Waals surface area contributed by atoms with E-state index < -0.39 is 0 Å². The number of anilines is 1. The van der Waals surface area contributed by atoms with Crippen LogP contribution in [0.5, 0.6) is 0 Å². The number of halogens is 2. The van der Waals surface area contributed by atoms with Crippen LogP contribution >= 0.6 is 23.2 Å². The number of imidazole rings is 1. The molecule has 1 aliphatic heterocycles. The fraction of sp³-hybridized carbons (Fsp3) is 0.385. The van der Waals surface area contributed by atoms with Crippen LogP contribution in [-0.4, -0.2) is 46.0 Å². The smallest absolute Gasteiger partial charge is 0.147 e. The molecule has 1 fully saturated rings. The summed E-state index contributed by atoms with van der Waals surface area (Å²) in [6.07, 6.45) is 5.22. The Morgan fingerprint density at radius 3 is 2.60 bits per heavy atom. The van der Waals surface area contributed by atoms with Crippen LogP contribution in [0.4, 0.5) is 5.82 Å². The molecule has 0 bridgehead atoms. The molecule has 0 atom stereocenters. The number of aromatic nitrogens is 3. The maximum atomic E-state index is 6.20. The highest BCUT2D eigenvalue weighted by molar-refractivity contribution is 6.36. The summed E-state index contributed by atoms with van der Waals surface area (Å²) in [6.45, 7) is 4.65. The number of nitrogens with one attached hydrogen (secondary N) is 1. The van der Waals surface area contributed by atoms with E-state index >= 15 is 0 Å². The zero-order chi connectivity index (χ0) is 13.9. The summed E-state index contributed by atoms with van der Waals surface area (Å²) < 4.78 is 0. The maximum absolute atomic E-state index is 6.20. The number of pyridine rings is 1. The molecular formula is C13H15Cl2N5. The highest BCUT2D eigenvalue weighted by Crippen LogP contribution is 2.26. The molecule has 3 rings (SSSR count). The van der Waals surface area contributed by atoms with Gasteiger partial charge in [-0.3, -0.25) is 4.90 Å². The van der Waals surface area contributed by atoms with Gasteiger partial charge in [0.05, 0.1) is 16.4 Å². The number of rotatable bonds is 3. The Hall–Kier alpha value is -1.30. The molecule has 0 amide bonds. The van der Waals surface area contributed by atoms with Crippen molar-refractivity contribution in [2.45, 2.75) is 6.54 Å². The Balaban J connectivity index is 1.60. The van der Waals surface area contributed by atoms with Crippen molar-refractivity contribution in [3.8, 4) is 0 Å². The van der Waals surface area contributed by atoms with E-state index in [2.05, 4.69) is 24.8 Å². The lowest BCUT2D eigenvalue weighted by molar-refractivity contribution is 0.247. The Bertz CT molecular complexity index is 564. The van der Waals surface area contributed by atoms with Crippen molar-refractivity contribution in [3.05, 3.63) is 40.5 Å². The third kappa shape index (κ3) is 3.06. The second-order valence-electron chi connectivity index (χ2n) is 4.80. The third-order valence-electron chi connectivity index (χ3n) is 3.41. The molecule has 2 aromatic heterocycles. The average molecular weight is 312 g/mol. The molecule has 2 aromatic rings. The first kappa shape index (κ1) is 13.7. The highest BCUT2D eigenvalue weighted by Gasteiger charge is 2.20. The van der Waals surface area contributed by atoms with Gasteiger partial charge < -0.3 is 9.88 Å². The van der Waals surface area contributed by atoms with Gasteiger partial charge >= 0.3 is 0 Å². The molecule has 0 spiro atoms. The zero-order valence-electron chi connectivity index (χ0n) is 10.9. The van der Waals surface area contributed by atoms with Crippen molar-refractivity contribution >= 4 is 29.0 Å². The number of piperazine rings is 1. The van der Waals surface area contributed by atoms with Crippen molar-refractivity contribution in [3.63, 3.8) is 0 Å². The molecule has 1 N–H and O–H groups in total. The Kier molecular flexibility index (Phi) is 4.10. The lowest BCUT2D eigenvalue weighted by Gasteiger charge is -2.35. The van der Waals surface area contributed by atoms with Gasteiger partial charge in [-0.15, -0.1) is 0 Å². The molecule has 1 saturated heterocycles. The molecule has 7 heteroatoms. The van der Waals surface area contributed by atoms with Crippen LogP contribution in [0.2, 0.25) is 10.0 Å². The summed E-state index contributed by atoms with van der Waals surface area (Å²) >= 11 is 12.1. The van der Waals surface area contributed by atoms with Crippen LogP contribution in [0, 0.1) is 0 Å². The van der Waals surface area contributed by atoms with Crippen LogP contribution in [0.25, 0.3) is 0 Å². The van der Waals surface area contributed by atoms with Crippen molar-refractivity contribution in [1.82, 2.24) is 19.9 Å². The summed E-state index contributed by atoms with van der Waals surface area (Å²) in [4.78, 5) is 16.1. The van der Waals surface area contributed by atoms with Gasteiger partial charge in [-0.05, 0) is 6.07 Å². The number of nitrogens with zero attached hydrogens (tertiary/aromatic N) is 4. The lowest BCUT2D eigenvalue weighted by Crippen LogP contribution is -2.46. The van der Waals surface area contributed by atoms with E-state index in [0.717, 1.165) is 44.2 Å². The number of hydrogen-bond donors (Lipinski definition) is 1. The molecule has 5 nitrogen and oxygen atoms in total. The van der Waals surface area contributed by atoms with Gasteiger partial charge in [0.1, 0.15) is 5.82 Å². The summed E-state index contributed by atoms with van der Waals surface area (Å²) in [7, 11) is 0. The normalized spacial score (nSPS) is 16.6. The van der Waals surface area contributed by atoms with Crippen molar-refractivity contribution in [1.29, 1.82) is 0 Å². The van der Waals surface area contributed by atoms with Crippen LogP contribution in [-0.2, 0) is 6.54 Å². The molecule has 3 heterocycles. The first-order valence-corrected chi connectivity index (χ1v) is 7.23. The van der Waals surface area contributed by atoms with E-state index in [9.17, 15) is 0 Å². The first-order chi connectivity index (χ1) is 9.72. The highest BCUT2D eigenvalue weighted by atomic mass is 35.5. The Morgan fingerprint density at radius 1 is 1.15 bits per heavy atom. The summed E-state index contributed by atoms with van der Waals surface area (Å²) in [5.74, 6) is 0.817. The standard InChI is InChI=1S/C13H15Cl2N5/c14-10-5-12(15)13(17-6-10)20-3-1-19(2-4-20)8-11-7-16-9-18-11/h5-7,9H,1-4,8H2,(H,16,18). The molecule has 0 aliphatic carbocycles. The predicted molar refractivity (Wildman–Crippen MR) is 80.3 cm³/mol. The quantitative estimate of drug-likeness (QED) is 0.946. The minimum absolute atomic E-state index is 0.566. The van der Waals surface area contributed by atoms with Gasteiger partial charge in [0, 0.05) is 50.8 Å². The van der Waals surface area contributed by atoms with Crippen LogP contribution in [0.3, 0.4) is 0 Å². The summed E-state index contributed by atoms with van der Waals surface area (Å²) in [5.41, 5.74) is 1.14. The molecular weight excluding hydrogens is 297 g/mol. The van der Waals surface area contributed by atoms with E-state index in [1.54, 1.807) is 18.6 Å². The molecule has 0 aromatic carbocycles. The monoisotopic (exact) mass is 311 g/mol. The van der Waals surface area contributed by atoms with E-state index in [1.807, 2.05) is 6.20 Å². The molecule has 20 heavy (non-hydrogen) atoms. The van der Waals surface area contributed by atoms with Gasteiger partial charge in [0.25, 0.3) is 0 Å². The minimum Gasteiger partial charge on any atom is -0.353 e. The maximum Gasteiger partial charge on any atom is 0.147 e. The summed E-state index contributed by atoms with van der Waals surface area (Å²) in [5, 5.41) is 1.18. The van der Waals surface area contributed by atoms with Gasteiger partial charge in [0.2, 0.25) is 0 Å². The number of aromatic amines is 1.